The first kappa shape index (κ1) is 39.1. The smallest absolute Gasteiger partial charge is 0.306 e. The van der Waals surface area contributed by atoms with E-state index >= 15 is 0 Å². The first-order valence-electron chi connectivity index (χ1n) is 19.7. The Bertz CT molecular complexity index is 2060. The molecule has 55 heavy (non-hydrogen) atoms. The van der Waals surface area contributed by atoms with Gasteiger partial charge in [-0.05, 0) is 122 Å². The number of benzene rings is 4. The van der Waals surface area contributed by atoms with E-state index in [1.54, 1.807) is 13.0 Å². The van der Waals surface area contributed by atoms with Gasteiger partial charge in [0.05, 0.1) is 12.0 Å². The van der Waals surface area contributed by atoms with Crippen LogP contribution in [0.25, 0.3) is 22.3 Å². The number of pyridine rings is 1. The fraction of sp³-hybridized carbons (Fsp3) is 0.333. The van der Waals surface area contributed by atoms with Gasteiger partial charge in [-0.25, -0.2) is 4.98 Å². The molecule has 1 amide bonds. The van der Waals surface area contributed by atoms with Crippen LogP contribution in [0.3, 0.4) is 0 Å². The van der Waals surface area contributed by atoms with Crippen LogP contribution in [-0.2, 0) is 27.2 Å². The number of nitrogens with zero attached hydrogens (tertiary/aromatic N) is 1. The van der Waals surface area contributed by atoms with Crippen LogP contribution < -0.4 is 11.1 Å². The van der Waals surface area contributed by atoms with Crippen LogP contribution >= 0.6 is 0 Å². The van der Waals surface area contributed by atoms with E-state index in [4.69, 9.17) is 10.8 Å². The number of aryl methyl sites for hydroxylation is 2. The van der Waals surface area contributed by atoms with E-state index in [2.05, 4.69) is 95.2 Å². The number of carboxylic acids is 1. The van der Waals surface area contributed by atoms with E-state index < -0.39 is 12.0 Å². The van der Waals surface area contributed by atoms with Gasteiger partial charge in [-0.1, -0.05) is 115 Å². The number of anilines is 1. The lowest BCUT2D eigenvalue weighted by Gasteiger charge is -2.17. The molecule has 284 valence electrons. The quantitative estimate of drug-likeness (QED) is 0.117. The van der Waals surface area contributed by atoms with Crippen LogP contribution in [0.4, 0.5) is 5.82 Å². The summed E-state index contributed by atoms with van der Waals surface area (Å²) in [6.07, 6.45) is 7.31. The monoisotopic (exact) mass is 735 g/mol. The van der Waals surface area contributed by atoms with Crippen LogP contribution in [-0.4, -0.2) is 33.8 Å². The fourth-order valence-electron chi connectivity index (χ4n) is 8.21. The minimum Gasteiger partial charge on any atom is -0.481 e. The fourth-order valence-corrected chi connectivity index (χ4v) is 8.21. The maximum atomic E-state index is 12.9. The predicted molar refractivity (Wildman–Crippen MR) is 220 cm³/mol. The van der Waals surface area contributed by atoms with Crippen molar-refractivity contribution in [2.75, 3.05) is 5.73 Å². The second kappa shape index (κ2) is 18.7. The largest absolute Gasteiger partial charge is 0.481 e. The minimum absolute atomic E-state index is 0.0109. The third-order valence-corrected chi connectivity index (χ3v) is 11.4. The van der Waals surface area contributed by atoms with Crippen molar-refractivity contribution >= 4 is 23.5 Å². The molecule has 1 heterocycles. The van der Waals surface area contributed by atoms with Crippen molar-refractivity contribution in [1.82, 2.24) is 10.3 Å². The SMILES string of the molecule is Cc1nc(N)ccc1CCC(=O)[C@H](C)NC(=O)[C@@H]1CC[C@@H](Cc2cccc(-c3ccccc3)c2)C1.O=C(O)[C@@H]1CC[C@@H](c2cccc(-c3ccccc3)c2)C1. The molecule has 1 aromatic heterocycles. The van der Waals surface area contributed by atoms with Crippen LogP contribution in [0.1, 0.15) is 80.2 Å². The summed E-state index contributed by atoms with van der Waals surface area (Å²) >= 11 is 0. The summed E-state index contributed by atoms with van der Waals surface area (Å²) < 4.78 is 0. The number of carboxylic acid groups (broad SMARTS) is 1. The number of nitrogens with two attached hydrogens (primary N) is 1. The number of hydrogen-bond acceptors (Lipinski definition) is 5. The van der Waals surface area contributed by atoms with Crippen molar-refractivity contribution in [1.29, 1.82) is 0 Å². The van der Waals surface area contributed by atoms with Gasteiger partial charge in [0.15, 0.2) is 5.78 Å². The summed E-state index contributed by atoms with van der Waals surface area (Å²) in [7, 11) is 0. The number of nitrogens with one attached hydrogen (secondary N) is 1. The number of ketones is 1. The molecule has 7 rings (SSSR count). The Labute approximate surface area is 325 Å². The van der Waals surface area contributed by atoms with Crippen molar-refractivity contribution in [3.63, 3.8) is 0 Å². The molecule has 0 bridgehead atoms. The molecule has 7 heteroatoms. The van der Waals surface area contributed by atoms with Gasteiger partial charge in [-0.3, -0.25) is 14.4 Å². The lowest BCUT2D eigenvalue weighted by atomic mass is 9.93. The van der Waals surface area contributed by atoms with E-state index in [-0.39, 0.29) is 23.5 Å². The van der Waals surface area contributed by atoms with Crippen molar-refractivity contribution in [2.45, 2.75) is 83.6 Å². The highest BCUT2D eigenvalue weighted by atomic mass is 16.4. The second-order valence-corrected chi connectivity index (χ2v) is 15.4. The van der Waals surface area contributed by atoms with Crippen LogP contribution in [0, 0.1) is 24.7 Å². The molecule has 2 saturated carbocycles. The highest BCUT2D eigenvalue weighted by molar-refractivity contribution is 5.89. The maximum Gasteiger partial charge on any atom is 0.306 e. The third-order valence-electron chi connectivity index (χ3n) is 11.4. The van der Waals surface area contributed by atoms with Gasteiger partial charge in [0.2, 0.25) is 5.91 Å². The molecular weight excluding hydrogens is 683 g/mol. The molecule has 0 spiro atoms. The standard InChI is InChI=1S/C30H35N3O2.C18H18O2/c1-20-24(14-16-29(31)32-20)13-15-28(34)21(2)33-30(35)27-12-11-23(19-27)17-22-7-6-10-26(18-22)25-8-4-3-5-9-25;19-18(20)17-10-9-16(12-17)15-8-4-7-14(11-15)13-5-2-1-3-6-13/h3-10,14,16,18,21,23,27H,11-13,15,17,19H2,1-2H3,(H2,31,32)(H,33,35);1-8,11,16-17H,9-10,12H2,(H,19,20)/t21-,23-,27+;16-,17-/m01/s1. The lowest BCUT2D eigenvalue weighted by Crippen LogP contribution is -2.41. The summed E-state index contributed by atoms with van der Waals surface area (Å²) in [6, 6.07) is 41.1. The number of amides is 1. The van der Waals surface area contributed by atoms with Crippen molar-refractivity contribution < 1.29 is 19.5 Å². The van der Waals surface area contributed by atoms with Gasteiger partial charge in [-0.15, -0.1) is 0 Å². The number of hydrogen-bond donors (Lipinski definition) is 3. The Morgan fingerprint density at radius 3 is 2.04 bits per heavy atom. The zero-order chi connectivity index (χ0) is 38.7. The molecule has 5 atom stereocenters. The Morgan fingerprint density at radius 2 is 1.38 bits per heavy atom. The summed E-state index contributed by atoms with van der Waals surface area (Å²) in [6.45, 7) is 3.69. The molecule has 5 aromatic rings. The van der Waals surface area contributed by atoms with E-state index in [0.29, 0.717) is 30.5 Å². The van der Waals surface area contributed by atoms with Crippen LogP contribution in [0.2, 0.25) is 0 Å². The number of aromatic nitrogens is 1. The molecule has 0 aliphatic heterocycles. The van der Waals surface area contributed by atoms with Crippen molar-refractivity contribution in [3.8, 4) is 22.3 Å². The van der Waals surface area contributed by atoms with E-state index in [9.17, 15) is 14.4 Å². The molecule has 2 aliphatic rings. The molecule has 0 radical (unpaired) electrons. The average molecular weight is 736 g/mol. The Morgan fingerprint density at radius 1 is 0.745 bits per heavy atom. The molecule has 0 saturated heterocycles. The third kappa shape index (κ3) is 10.8. The van der Waals surface area contributed by atoms with Crippen LogP contribution in [0.15, 0.2) is 121 Å². The maximum absolute atomic E-state index is 12.9. The number of carbonyl (C=O) groups excluding carboxylic acids is 2. The number of carbonyl (C=O) groups is 3. The van der Waals surface area contributed by atoms with Gasteiger partial charge in [0.25, 0.3) is 0 Å². The minimum atomic E-state index is -0.647. The van der Waals surface area contributed by atoms with E-state index in [0.717, 1.165) is 56.2 Å². The van der Waals surface area contributed by atoms with E-state index in [1.165, 1.54) is 33.4 Å². The Balaban J connectivity index is 0.000000217. The molecule has 4 aromatic carbocycles. The van der Waals surface area contributed by atoms with Gasteiger partial charge >= 0.3 is 5.97 Å². The number of rotatable bonds is 12. The Kier molecular flexibility index (Phi) is 13.3. The van der Waals surface area contributed by atoms with Crippen molar-refractivity contribution in [2.24, 2.45) is 17.8 Å². The van der Waals surface area contributed by atoms with Gasteiger partial charge in [0.1, 0.15) is 5.82 Å². The normalized spacial score (nSPS) is 19.5. The van der Waals surface area contributed by atoms with Crippen LogP contribution in [0.5, 0.6) is 0 Å². The summed E-state index contributed by atoms with van der Waals surface area (Å²) in [5.74, 6) is 0.585. The lowest BCUT2D eigenvalue weighted by molar-refractivity contribution is -0.141. The average Bonchev–Trinajstić information content (AvgIpc) is 3.90. The molecule has 2 aliphatic carbocycles. The zero-order valence-electron chi connectivity index (χ0n) is 32.0. The van der Waals surface area contributed by atoms with Gasteiger partial charge < -0.3 is 16.2 Å². The molecular formula is C48H53N3O4. The van der Waals surface area contributed by atoms with Gasteiger partial charge in [0, 0.05) is 18.0 Å². The summed E-state index contributed by atoms with van der Waals surface area (Å²) in [4.78, 5) is 40.8. The van der Waals surface area contributed by atoms with Crippen molar-refractivity contribution in [3.05, 3.63) is 144 Å². The summed E-state index contributed by atoms with van der Waals surface area (Å²) in [5, 5.41) is 12.1. The Hall–Kier alpha value is -5.56. The molecule has 0 unspecified atom stereocenters. The second-order valence-electron chi connectivity index (χ2n) is 15.4. The molecule has 2 fully saturated rings. The number of aliphatic carboxylic acids is 1. The topological polar surface area (TPSA) is 122 Å². The zero-order valence-corrected chi connectivity index (χ0v) is 32.0. The highest BCUT2D eigenvalue weighted by Gasteiger charge is 2.32. The summed E-state index contributed by atoms with van der Waals surface area (Å²) in [5.41, 5.74) is 15.0. The number of nitrogen functional groups attached to an aromatic ring is 1. The molecule has 4 N–H and O–H groups in total. The predicted octanol–water partition coefficient (Wildman–Crippen LogP) is 9.63. The number of Topliss-reactive ketones (excluding diaryl/α,β-unsaturated/α-hetero) is 1. The van der Waals surface area contributed by atoms with Gasteiger partial charge in [-0.2, -0.15) is 0 Å². The molecule has 7 nitrogen and oxygen atoms in total. The highest BCUT2D eigenvalue weighted by Crippen LogP contribution is 2.39. The first-order valence-corrected chi connectivity index (χ1v) is 19.7. The van der Waals surface area contributed by atoms with E-state index in [1.807, 2.05) is 37.3 Å². The first-order chi connectivity index (χ1) is 26.6.